The number of benzene rings is 1. The van der Waals surface area contributed by atoms with Crippen molar-refractivity contribution >= 4 is 34.6 Å². The third-order valence-electron chi connectivity index (χ3n) is 2.72. The molecular formula is C14H17N3O2S. The Balaban J connectivity index is 2.04. The largest absolute Gasteiger partial charge is 0.479 e. The van der Waals surface area contributed by atoms with Gasteiger partial charge in [-0.1, -0.05) is 12.2 Å². The second kappa shape index (κ2) is 5.92. The topological polar surface area (TPSA) is 62.4 Å². The smallest absolute Gasteiger partial charge is 0.265 e. The molecular weight excluding hydrogens is 274 g/mol. The highest BCUT2D eigenvalue weighted by Crippen LogP contribution is 2.32. The van der Waals surface area contributed by atoms with Crippen LogP contribution < -0.4 is 20.7 Å². The van der Waals surface area contributed by atoms with Crippen molar-refractivity contribution < 1.29 is 9.53 Å². The van der Waals surface area contributed by atoms with E-state index in [1.807, 2.05) is 13.0 Å². The number of carbonyl (C=O) groups is 1. The highest BCUT2D eigenvalue weighted by molar-refractivity contribution is 7.80. The molecule has 2 rings (SSSR count). The molecule has 1 amide bonds. The summed E-state index contributed by atoms with van der Waals surface area (Å²) in [6.07, 6.45) is -0.473. The van der Waals surface area contributed by atoms with Crippen LogP contribution in [0.2, 0.25) is 0 Å². The molecule has 5 nitrogen and oxygen atoms in total. The van der Waals surface area contributed by atoms with E-state index >= 15 is 0 Å². The van der Waals surface area contributed by atoms with Gasteiger partial charge in [-0.05, 0) is 44.3 Å². The molecule has 1 heterocycles. The summed E-state index contributed by atoms with van der Waals surface area (Å²) in [7, 11) is 0. The van der Waals surface area contributed by atoms with Crippen molar-refractivity contribution in [1.29, 1.82) is 0 Å². The molecule has 1 aliphatic heterocycles. The number of anilines is 2. The van der Waals surface area contributed by atoms with Gasteiger partial charge in [0, 0.05) is 12.2 Å². The highest BCUT2D eigenvalue weighted by Gasteiger charge is 2.23. The molecule has 6 heteroatoms. The van der Waals surface area contributed by atoms with E-state index in [0.29, 0.717) is 23.1 Å². The van der Waals surface area contributed by atoms with Crippen molar-refractivity contribution in [2.24, 2.45) is 0 Å². The third kappa shape index (κ3) is 3.48. The SMILES string of the molecule is C=C(C)CNC(=S)Nc1ccc2c(c1)NC(=O)[C@H](C)O2. The Morgan fingerprint density at radius 1 is 1.55 bits per heavy atom. The lowest BCUT2D eigenvalue weighted by atomic mass is 10.2. The minimum absolute atomic E-state index is 0.155. The summed E-state index contributed by atoms with van der Waals surface area (Å²) in [5.41, 5.74) is 2.41. The van der Waals surface area contributed by atoms with E-state index in [1.165, 1.54) is 0 Å². The van der Waals surface area contributed by atoms with Crippen LogP contribution in [0.5, 0.6) is 5.75 Å². The molecule has 0 spiro atoms. The molecule has 0 saturated carbocycles. The Labute approximate surface area is 123 Å². The maximum absolute atomic E-state index is 11.6. The van der Waals surface area contributed by atoms with Crippen LogP contribution in [-0.4, -0.2) is 23.7 Å². The second-order valence-electron chi connectivity index (χ2n) is 4.73. The van der Waals surface area contributed by atoms with Crippen LogP contribution in [0.3, 0.4) is 0 Å². The van der Waals surface area contributed by atoms with Crippen molar-refractivity contribution in [2.75, 3.05) is 17.2 Å². The summed E-state index contributed by atoms with van der Waals surface area (Å²) < 4.78 is 5.48. The van der Waals surface area contributed by atoms with E-state index in [1.54, 1.807) is 19.1 Å². The molecule has 1 aromatic rings. The number of rotatable bonds is 3. The van der Waals surface area contributed by atoms with E-state index in [2.05, 4.69) is 22.5 Å². The molecule has 0 unspecified atom stereocenters. The fraction of sp³-hybridized carbons (Fsp3) is 0.286. The number of thiocarbonyl (C=S) groups is 1. The van der Waals surface area contributed by atoms with Gasteiger partial charge >= 0.3 is 0 Å². The fourth-order valence-electron chi connectivity index (χ4n) is 1.69. The third-order valence-corrected chi connectivity index (χ3v) is 2.97. The summed E-state index contributed by atoms with van der Waals surface area (Å²) in [6.45, 7) is 8.04. The van der Waals surface area contributed by atoms with Gasteiger partial charge in [0.05, 0.1) is 5.69 Å². The molecule has 106 valence electrons. The number of carbonyl (C=O) groups excluding carboxylic acids is 1. The second-order valence-corrected chi connectivity index (χ2v) is 5.13. The number of ether oxygens (including phenoxy) is 1. The standard InChI is InChI=1S/C14H17N3O2S/c1-8(2)7-15-14(20)16-10-4-5-12-11(6-10)17-13(18)9(3)19-12/h4-6,9H,1,7H2,2-3H3,(H,17,18)(H2,15,16,20)/t9-/m0/s1. The van der Waals surface area contributed by atoms with Crippen molar-refractivity contribution in [3.8, 4) is 5.75 Å². The minimum Gasteiger partial charge on any atom is -0.479 e. The molecule has 0 bridgehead atoms. The first-order valence-corrected chi connectivity index (χ1v) is 6.67. The molecule has 20 heavy (non-hydrogen) atoms. The Kier molecular flexibility index (Phi) is 4.24. The van der Waals surface area contributed by atoms with Gasteiger partial charge in [-0.3, -0.25) is 4.79 Å². The molecule has 3 N–H and O–H groups in total. The van der Waals surface area contributed by atoms with Gasteiger partial charge in [0.2, 0.25) is 0 Å². The van der Waals surface area contributed by atoms with Gasteiger partial charge in [0.1, 0.15) is 5.75 Å². The zero-order valence-corrected chi connectivity index (χ0v) is 12.3. The quantitative estimate of drug-likeness (QED) is 0.589. The van der Waals surface area contributed by atoms with Crippen LogP contribution in [0.4, 0.5) is 11.4 Å². The molecule has 0 aromatic heterocycles. The minimum atomic E-state index is -0.473. The number of fused-ring (bicyclic) bond motifs is 1. The summed E-state index contributed by atoms with van der Waals surface area (Å²) in [4.78, 5) is 11.6. The maximum atomic E-state index is 11.6. The number of nitrogens with one attached hydrogen (secondary N) is 3. The zero-order chi connectivity index (χ0) is 14.7. The number of hydrogen-bond donors (Lipinski definition) is 3. The molecule has 1 atom stereocenters. The lowest BCUT2D eigenvalue weighted by molar-refractivity contribution is -0.122. The van der Waals surface area contributed by atoms with Crippen molar-refractivity contribution in [3.63, 3.8) is 0 Å². The van der Waals surface area contributed by atoms with Crippen molar-refractivity contribution in [3.05, 3.63) is 30.4 Å². The van der Waals surface area contributed by atoms with Crippen LogP contribution in [0, 0.1) is 0 Å². The molecule has 1 aliphatic rings. The Morgan fingerprint density at radius 3 is 3.00 bits per heavy atom. The predicted octanol–water partition coefficient (Wildman–Crippen LogP) is 2.27. The monoisotopic (exact) mass is 291 g/mol. The Bertz CT molecular complexity index is 572. The van der Waals surface area contributed by atoms with Gasteiger partial charge in [0.15, 0.2) is 11.2 Å². The van der Waals surface area contributed by atoms with Gasteiger partial charge in [0.25, 0.3) is 5.91 Å². The average molecular weight is 291 g/mol. The lowest BCUT2D eigenvalue weighted by Crippen LogP contribution is -2.34. The van der Waals surface area contributed by atoms with Crippen molar-refractivity contribution in [2.45, 2.75) is 20.0 Å². The Hall–Kier alpha value is -2.08. The van der Waals surface area contributed by atoms with E-state index in [0.717, 1.165) is 11.3 Å². The van der Waals surface area contributed by atoms with Crippen LogP contribution in [0.1, 0.15) is 13.8 Å². The first-order valence-electron chi connectivity index (χ1n) is 6.26. The van der Waals surface area contributed by atoms with Crippen LogP contribution in [0.15, 0.2) is 30.4 Å². The normalized spacial score (nSPS) is 16.5. The summed E-state index contributed by atoms with van der Waals surface area (Å²) in [5, 5.41) is 9.37. The predicted molar refractivity (Wildman–Crippen MR) is 84.2 cm³/mol. The molecule has 0 radical (unpaired) electrons. The molecule has 0 saturated heterocycles. The van der Waals surface area contributed by atoms with Crippen LogP contribution in [-0.2, 0) is 4.79 Å². The summed E-state index contributed by atoms with van der Waals surface area (Å²) >= 11 is 5.17. The first kappa shape index (κ1) is 14.3. The summed E-state index contributed by atoms with van der Waals surface area (Å²) in [5.74, 6) is 0.501. The van der Waals surface area contributed by atoms with Gasteiger partial charge in [-0.2, -0.15) is 0 Å². The Morgan fingerprint density at radius 2 is 2.30 bits per heavy atom. The van der Waals surface area contributed by atoms with Crippen molar-refractivity contribution in [1.82, 2.24) is 5.32 Å². The maximum Gasteiger partial charge on any atom is 0.265 e. The van der Waals surface area contributed by atoms with Crippen LogP contribution >= 0.6 is 12.2 Å². The van der Waals surface area contributed by atoms with Gasteiger partial charge < -0.3 is 20.7 Å². The fourth-order valence-corrected chi connectivity index (χ4v) is 1.88. The van der Waals surface area contributed by atoms with Gasteiger partial charge in [-0.15, -0.1) is 0 Å². The van der Waals surface area contributed by atoms with E-state index < -0.39 is 6.10 Å². The van der Waals surface area contributed by atoms with E-state index in [9.17, 15) is 4.79 Å². The number of hydrogen-bond acceptors (Lipinski definition) is 3. The number of amides is 1. The molecule has 0 aliphatic carbocycles. The van der Waals surface area contributed by atoms with E-state index in [4.69, 9.17) is 17.0 Å². The average Bonchev–Trinajstić information content (AvgIpc) is 2.38. The lowest BCUT2D eigenvalue weighted by Gasteiger charge is -2.23. The van der Waals surface area contributed by atoms with Crippen LogP contribution in [0.25, 0.3) is 0 Å². The first-order chi connectivity index (χ1) is 9.45. The molecule has 0 fully saturated rings. The van der Waals surface area contributed by atoms with E-state index in [-0.39, 0.29) is 5.91 Å². The van der Waals surface area contributed by atoms with Gasteiger partial charge in [-0.25, -0.2) is 0 Å². The highest BCUT2D eigenvalue weighted by atomic mass is 32.1. The molecule has 1 aromatic carbocycles. The zero-order valence-electron chi connectivity index (χ0n) is 11.4. The summed E-state index contributed by atoms with van der Waals surface area (Å²) in [6, 6.07) is 5.43.